The van der Waals surface area contributed by atoms with Gasteiger partial charge in [0.15, 0.2) is 0 Å². The molecule has 12 amide bonds. The fraction of sp³-hybridized carbons (Fsp3) is 0.868. The monoisotopic (exact) mass is 1930 g/mol. The van der Waals surface area contributed by atoms with Crippen LogP contribution in [0.15, 0.2) is 0 Å². The van der Waals surface area contributed by atoms with Crippen LogP contribution in [0.5, 0.6) is 0 Å². The lowest BCUT2D eigenvalue weighted by molar-refractivity contribution is -0.125. The van der Waals surface area contributed by atoms with Gasteiger partial charge >= 0.3 is 0 Å². The van der Waals surface area contributed by atoms with Crippen molar-refractivity contribution in [2.45, 2.75) is 348 Å². The van der Waals surface area contributed by atoms with Crippen molar-refractivity contribution in [3.8, 4) is 0 Å². The van der Waals surface area contributed by atoms with E-state index >= 15 is 0 Å². The van der Waals surface area contributed by atoms with Crippen molar-refractivity contribution in [3.05, 3.63) is 0 Å². The Hall–Kier alpha value is -7.04. The van der Waals surface area contributed by atoms with Crippen molar-refractivity contribution < 1.29 is 97.9 Å². The van der Waals surface area contributed by atoms with E-state index in [2.05, 4.69) is 200 Å². The second-order valence-electron chi connectivity index (χ2n) is 36.0. The van der Waals surface area contributed by atoms with Crippen LogP contribution in [0, 0.1) is 0 Å². The van der Waals surface area contributed by atoms with Gasteiger partial charge in [-0.25, -0.2) is 29.5 Å². The number of carbonyl (C=O) groups excluding carboxylic acids is 12. The molecule has 784 valence electrons. The predicted octanol–water partition coefficient (Wildman–Crippen LogP) is 3.64. The zero-order valence-electron chi connectivity index (χ0n) is 83.0. The first-order chi connectivity index (χ1) is 63.2. The van der Waals surface area contributed by atoms with Gasteiger partial charge in [-0.3, -0.25) is 86.9 Å². The highest BCUT2D eigenvalue weighted by Crippen LogP contribution is 2.27. The Kier molecular flexibility index (Phi) is 72.7. The van der Waals surface area contributed by atoms with Crippen LogP contribution < -0.4 is 93.3 Å². The highest BCUT2D eigenvalue weighted by atomic mass is 16.6. The number of carbonyl (C=O) groups is 12. The molecule has 0 unspecified atom stereocenters. The Labute approximate surface area is 801 Å². The van der Waals surface area contributed by atoms with Crippen LogP contribution in [0.2, 0.25) is 0 Å². The number of ether oxygens (including phenoxy) is 1. The van der Waals surface area contributed by atoms with E-state index in [1.54, 1.807) is 7.11 Å². The van der Waals surface area contributed by atoms with Gasteiger partial charge in [0.2, 0.25) is 70.9 Å². The van der Waals surface area contributed by atoms with Gasteiger partial charge < -0.3 is 92.7 Å². The molecule has 22 N–H and O–H groups in total. The molecule has 0 bridgehead atoms. The molecule has 0 radical (unpaired) electrons. The fourth-order valence-electron chi connectivity index (χ4n) is 16.8. The number of hydrogen-bond donors (Lipinski definition) is 17. The fourth-order valence-corrected chi connectivity index (χ4v) is 16.8. The molecule has 0 aliphatic carbocycles. The van der Waals surface area contributed by atoms with Gasteiger partial charge in [0.1, 0.15) is 0 Å². The number of methoxy groups -OCH3 is 1. The zero-order valence-corrected chi connectivity index (χ0v) is 83.0. The minimum Gasteiger partial charge on any atom is -0.385 e. The molecule has 6 heterocycles. The SMILES string of the molecule is COCCCNC(=O)CCNC(=O)C[15N]1[13C@H]([13CH3])CCC[13C@@H]1[13CH3].C[C@@H]1CCC[C@H](C)N1C[13C](=O)[15NH][13CH2][13CH2][13C](=O)NCCCON.C[C@@H]1CCC[C@H](C)[15N]1C[13C](=O)N[13CH2][13CH2][13C](=O)NCCCON.[13CH3][13C@@H]1CCC[13C@H]([13CH3])N1CC(=O)[15NH]CCC(=O)NCCCON.[13CH3][C@@H]1CCC[C@H]([13CH3])N1C[13C](=O)[15NH][13CH2]CC(=O)NCCCON.[13CH3][C@@H]1CCC[C@H]([13CH3])[15N]1C[13C](=O)N[13CH2]CC(=O)NCCCON.[HH].[HH].[HH].[HH].[HH].[HH].[HH].[HH]. The Morgan fingerprint density at radius 3 is 0.455 bits per heavy atom. The van der Waals surface area contributed by atoms with Gasteiger partial charge in [0.25, 0.3) is 0 Å². The second kappa shape index (κ2) is 78.0. The molecule has 6 saturated heterocycles. The third kappa shape index (κ3) is 61.1. The third-order valence-corrected chi connectivity index (χ3v) is 24.9. The number of amides is 12. The molecule has 41 nitrogen and oxygen atoms in total. The first kappa shape index (κ1) is 123. The maximum Gasteiger partial charge on any atom is 0.234 e. The first-order valence-electron chi connectivity index (χ1n) is 49.1. The molecule has 0 aromatic rings. The summed E-state index contributed by atoms with van der Waals surface area (Å²) in [6.45, 7) is 36.8. The van der Waals surface area contributed by atoms with E-state index in [1.165, 1.54) is 38.5 Å². The summed E-state index contributed by atoms with van der Waals surface area (Å²) in [5, 5.41) is 33.5. The van der Waals surface area contributed by atoms with Crippen LogP contribution in [0.4, 0.5) is 0 Å². The molecule has 41 heteroatoms. The normalized spacial score (nSPS) is 22.3. The maximum atomic E-state index is 12.0. The molecule has 0 saturated carbocycles. The number of nitrogens with two attached hydrogens (primary N) is 5. The van der Waals surface area contributed by atoms with Gasteiger partial charge in [-0.1, -0.05) is 38.5 Å². The summed E-state index contributed by atoms with van der Waals surface area (Å²) in [4.78, 5) is 177. The average molecular weight is 1930 g/mol. The van der Waals surface area contributed by atoms with Crippen LogP contribution in [0.1, 0.15) is 287 Å². The van der Waals surface area contributed by atoms with Crippen molar-refractivity contribution in [3.63, 3.8) is 0 Å². The van der Waals surface area contributed by atoms with Gasteiger partial charge in [0.05, 0.1) is 72.3 Å². The van der Waals surface area contributed by atoms with Gasteiger partial charge in [0, 0.05) is 215 Å². The first-order valence-corrected chi connectivity index (χ1v) is 49.1. The quantitative estimate of drug-likeness (QED) is 0.0179. The van der Waals surface area contributed by atoms with E-state index in [-0.39, 0.29) is 82.3 Å². The van der Waals surface area contributed by atoms with Crippen LogP contribution >= 0.6 is 0 Å². The van der Waals surface area contributed by atoms with Crippen molar-refractivity contribution >= 4 is 70.9 Å². The van der Waals surface area contributed by atoms with Crippen molar-refractivity contribution in [1.29, 1.82) is 0 Å². The average Bonchev–Trinajstić information content (AvgIpc) is 0.891. The van der Waals surface area contributed by atoms with E-state index in [0.29, 0.717) is 301 Å². The molecule has 6 fully saturated rings. The van der Waals surface area contributed by atoms with Crippen molar-refractivity contribution in [2.75, 3.05) is 165 Å². The minimum atomic E-state index is -0.0722. The highest BCUT2D eigenvalue weighted by Gasteiger charge is 2.32. The molecule has 6 aliphatic heterocycles. The highest BCUT2D eigenvalue weighted by molar-refractivity contribution is 5.84. The summed E-state index contributed by atoms with van der Waals surface area (Å²) >= 11 is 0. The summed E-state index contributed by atoms with van der Waals surface area (Å²) in [5.41, 5.74) is 0. The van der Waals surface area contributed by atoms with E-state index in [4.69, 9.17) is 34.2 Å². The molecule has 0 spiro atoms. The summed E-state index contributed by atoms with van der Waals surface area (Å²) in [6, 6.07) is 5.38. The lowest BCUT2D eigenvalue weighted by Crippen LogP contribution is -2.49. The predicted molar refractivity (Wildman–Crippen MR) is 528 cm³/mol. The Balaban J connectivity index is -0.000000246. The van der Waals surface area contributed by atoms with E-state index < -0.39 is 0 Å². The third-order valence-electron chi connectivity index (χ3n) is 24.9. The molecular formula is C91H197N23O18. The lowest BCUT2D eigenvalue weighted by Gasteiger charge is -2.38. The molecule has 0 aromatic carbocycles. The van der Waals surface area contributed by atoms with Gasteiger partial charge in [-0.05, 0) is 199 Å². The standard InChI is InChI=1S/C16H31N3O3.5C15H30N4O3.8H2/c1-13-6-4-7-14(2)19(13)12-16(21)18-10-8-15(20)17-9-5-11-22-3;5*1-12-5-3-6-13(2)19(12)11-15(21)18-9-7-14(20)17-8-4-10-22-16;;;;;;;;/h13-14H,4-12H2,1-3H3,(H,17,20)(H,18,21);5*12-13H,3-11,16H2,1-2H3,(H,17,20)(H,18,21);8*1H/t13-,14+;5*12-,13+;;;;;;;;/i1+1,2+1,13+1,14+1,19+1;7+1,9+1,14+1,15+1,19+1;7+1,9+1,14+1,15+1,18+1;1+1,2+1,12+1,13+1,18+1;1+1,2+1,9+1,15+1,19+1;1+1,2+1,9+1,15+1,18+1;;;;;;;;. The summed E-state index contributed by atoms with van der Waals surface area (Å²) in [6.07, 6.45) is 27.1. The Morgan fingerprint density at radius 1 is 0.212 bits per heavy atom. The Bertz CT molecular complexity index is 2600. The number of likely N-dealkylation sites (tertiary alicyclic amines) is 6. The number of nitrogens with zero attached hydrogens (tertiary/aromatic N) is 6. The van der Waals surface area contributed by atoms with E-state index in [1.807, 2.05) is 0 Å². The number of hydrogen-bond acceptors (Lipinski definition) is 29. The van der Waals surface area contributed by atoms with Crippen LogP contribution in [0.3, 0.4) is 0 Å². The minimum absolute atomic E-state index is 0. The second-order valence-corrected chi connectivity index (χ2v) is 36.0. The number of nitrogens with one attached hydrogen (secondary N) is 12. The maximum absolute atomic E-state index is 12.0. The number of piperidine rings is 6. The summed E-state index contributed by atoms with van der Waals surface area (Å²) in [5.74, 6) is 24.0. The molecule has 6 rings (SSSR count). The summed E-state index contributed by atoms with van der Waals surface area (Å²) < 4.78 is 4.91. The van der Waals surface area contributed by atoms with Crippen LogP contribution in [-0.2, 0) is 86.5 Å². The van der Waals surface area contributed by atoms with Crippen LogP contribution in [0.25, 0.3) is 0 Å². The van der Waals surface area contributed by atoms with Gasteiger partial charge in [-0.2, -0.15) is 0 Å². The van der Waals surface area contributed by atoms with Crippen molar-refractivity contribution in [1.82, 2.24) is 93.2 Å². The largest absolute Gasteiger partial charge is 0.385 e. The topological polar surface area (TPSA) is 554 Å². The van der Waals surface area contributed by atoms with Crippen LogP contribution in [-0.4, -0.2) is 337 Å². The van der Waals surface area contributed by atoms with Gasteiger partial charge in [-0.15, -0.1) is 0 Å². The summed E-state index contributed by atoms with van der Waals surface area (Å²) in [7, 11) is 1.64. The van der Waals surface area contributed by atoms with E-state index in [0.717, 1.165) is 83.5 Å². The molecular weight excluding hydrogens is 1730 g/mol. The van der Waals surface area contributed by atoms with Crippen molar-refractivity contribution in [2.24, 2.45) is 29.5 Å². The molecule has 0 aromatic heterocycles. The lowest BCUT2D eigenvalue weighted by atomic mass is 9.98. The van der Waals surface area contributed by atoms with E-state index in [9.17, 15) is 57.5 Å². The molecule has 6 aliphatic rings. The zero-order chi connectivity index (χ0) is 98.2. The molecule has 12 atom stereocenters. The Morgan fingerprint density at radius 2 is 0.333 bits per heavy atom. The smallest absolute Gasteiger partial charge is 0.234 e. The molecule has 132 heavy (non-hydrogen) atoms. The number of rotatable bonds is 54.